The highest BCUT2D eigenvalue weighted by Crippen LogP contribution is 2.13. The van der Waals surface area contributed by atoms with Gasteiger partial charge in [0, 0.05) is 31.2 Å². The minimum absolute atomic E-state index is 0. The topological polar surface area (TPSA) is 68.2 Å². The molecule has 1 aromatic heterocycles. The Morgan fingerprint density at radius 3 is 2.77 bits per heavy atom. The molecule has 1 atom stereocenters. The molecule has 0 bridgehead atoms. The van der Waals surface area contributed by atoms with E-state index < -0.39 is 0 Å². The van der Waals surface area contributed by atoms with Crippen LogP contribution < -0.4 is 11.1 Å². The molecule has 1 unspecified atom stereocenters. The molecule has 6 heteroatoms. The third kappa shape index (κ3) is 5.67. The highest BCUT2D eigenvalue weighted by atomic mass is 127. The smallest absolute Gasteiger partial charge is 0.193 e. The number of nitrogens with one attached hydrogen (secondary N) is 1. The van der Waals surface area contributed by atoms with Crippen LogP contribution in [0.1, 0.15) is 18.1 Å². The number of aryl methyl sites for hydroxylation is 2. The van der Waals surface area contributed by atoms with Gasteiger partial charge in [0.1, 0.15) is 0 Å². The molecule has 0 fully saturated rings. The molecule has 0 saturated heterocycles. The quantitative estimate of drug-likeness (QED) is 0.450. The van der Waals surface area contributed by atoms with Crippen molar-refractivity contribution in [3.8, 4) is 0 Å². The zero-order valence-corrected chi connectivity index (χ0v) is 15.6. The van der Waals surface area contributed by atoms with Crippen LogP contribution in [0.4, 0.5) is 5.69 Å². The second-order valence-corrected chi connectivity index (χ2v) is 5.48. The third-order valence-electron chi connectivity index (χ3n) is 3.41. The molecule has 22 heavy (non-hydrogen) atoms. The summed E-state index contributed by atoms with van der Waals surface area (Å²) in [6, 6.07) is 8.08. The van der Waals surface area contributed by atoms with E-state index in [1.54, 1.807) is 6.20 Å². The first-order valence-corrected chi connectivity index (χ1v) is 7.16. The molecule has 120 valence electrons. The Kier molecular flexibility index (Phi) is 7.37. The number of rotatable bonds is 5. The van der Waals surface area contributed by atoms with E-state index in [-0.39, 0.29) is 24.0 Å². The number of anilines is 1. The fourth-order valence-electron chi connectivity index (χ4n) is 2.05. The summed E-state index contributed by atoms with van der Waals surface area (Å²) in [7, 11) is 0. The van der Waals surface area contributed by atoms with Gasteiger partial charge in [0.15, 0.2) is 5.96 Å². The van der Waals surface area contributed by atoms with Crippen LogP contribution in [0.25, 0.3) is 0 Å². The van der Waals surface area contributed by atoms with Crippen molar-refractivity contribution in [3.63, 3.8) is 0 Å². The molecular formula is C16H24IN5. The van der Waals surface area contributed by atoms with E-state index in [2.05, 4.69) is 48.3 Å². The van der Waals surface area contributed by atoms with E-state index in [1.165, 1.54) is 11.1 Å². The summed E-state index contributed by atoms with van der Waals surface area (Å²) in [5.74, 6) is 0.829. The Morgan fingerprint density at radius 1 is 1.36 bits per heavy atom. The molecule has 2 rings (SSSR count). The monoisotopic (exact) mass is 413 g/mol. The molecule has 2 aromatic rings. The molecule has 5 nitrogen and oxygen atoms in total. The minimum Gasteiger partial charge on any atom is -0.370 e. The third-order valence-corrected chi connectivity index (χ3v) is 3.41. The van der Waals surface area contributed by atoms with E-state index in [0.717, 1.165) is 12.2 Å². The number of guanidine groups is 1. The second-order valence-electron chi connectivity index (χ2n) is 5.48. The molecule has 0 aliphatic heterocycles. The van der Waals surface area contributed by atoms with Gasteiger partial charge in [0.05, 0.1) is 0 Å². The van der Waals surface area contributed by atoms with Crippen molar-refractivity contribution in [2.24, 2.45) is 16.6 Å². The number of aliphatic imine (C=N–C) groups is 1. The number of hydrogen-bond donors (Lipinski definition) is 2. The first-order chi connectivity index (χ1) is 10.0. The molecule has 0 aliphatic carbocycles. The lowest BCUT2D eigenvalue weighted by Crippen LogP contribution is -2.24. The van der Waals surface area contributed by atoms with Gasteiger partial charge in [-0.2, -0.15) is 5.10 Å². The predicted octanol–water partition coefficient (Wildman–Crippen LogP) is 3.18. The van der Waals surface area contributed by atoms with Crippen molar-refractivity contribution in [2.75, 3.05) is 11.9 Å². The largest absolute Gasteiger partial charge is 0.370 e. The summed E-state index contributed by atoms with van der Waals surface area (Å²) < 4.78 is 1.91. The summed E-state index contributed by atoms with van der Waals surface area (Å²) >= 11 is 0. The molecule has 0 aliphatic rings. The van der Waals surface area contributed by atoms with Crippen LogP contribution in [0.2, 0.25) is 0 Å². The van der Waals surface area contributed by atoms with Gasteiger partial charge in [0.25, 0.3) is 0 Å². The van der Waals surface area contributed by atoms with Crippen molar-refractivity contribution >= 4 is 35.6 Å². The standard InChI is InChI=1S/C16H23N5.HI/c1-12(11-21-8-4-7-19-21)10-18-16(17)20-15-6-5-13(2)14(3)9-15;/h4-9,12H,10-11H2,1-3H3,(H3,17,18,20);1H. The number of nitrogens with two attached hydrogens (primary N) is 1. The molecule has 0 saturated carbocycles. The van der Waals surface area contributed by atoms with Gasteiger partial charge < -0.3 is 11.1 Å². The maximum absolute atomic E-state index is 5.93. The number of nitrogens with zero attached hydrogens (tertiary/aromatic N) is 3. The molecule has 0 radical (unpaired) electrons. The van der Waals surface area contributed by atoms with E-state index >= 15 is 0 Å². The van der Waals surface area contributed by atoms with E-state index in [0.29, 0.717) is 18.4 Å². The number of benzene rings is 1. The van der Waals surface area contributed by atoms with Crippen LogP contribution in [0.3, 0.4) is 0 Å². The Bertz CT molecular complexity index is 607. The molecule has 0 amide bonds. The first kappa shape index (κ1) is 18.5. The Morgan fingerprint density at radius 2 is 2.14 bits per heavy atom. The van der Waals surface area contributed by atoms with Crippen LogP contribution in [-0.2, 0) is 6.54 Å². The summed E-state index contributed by atoms with van der Waals surface area (Å²) in [6.07, 6.45) is 3.74. The molecule has 0 spiro atoms. The van der Waals surface area contributed by atoms with Gasteiger partial charge in [-0.15, -0.1) is 24.0 Å². The fraction of sp³-hybridized carbons (Fsp3) is 0.375. The summed E-state index contributed by atoms with van der Waals surface area (Å²) in [5.41, 5.74) is 9.41. The highest BCUT2D eigenvalue weighted by Gasteiger charge is 2.03. The average Bonchev–Trinajstić information content (AvgIpc) is 2.93. The van der Waals surface area contributed by atoms with Crippen molar-refractivity contribution in [1.29, 1.82) is 0 Å². The predicted molar refractivity (Wildman–Crippen MR) is 103 cm³/mol. The molecule has 3 N–H and O–H groups in total. The van der Waals surface area contributed by atoms with Gasteiger partial charge in [-0.3, -0.25) is 9.67 Å². The van der Waals surface area contributed by atoms with Gasteiger partial charge >= 0.3 is 0 Å². The Hall–Kier alpha value is -1.57. The van der Waals surface area contributed by atoms with E-state index in [9.17, 15) is 0 Å². The Balaban J connectivity index is 0.00000242. The number of aromatic nitrogens is 2. The van der Waals surface area contributed by atoms with Gasteiger partial charge in [0.2, 0.25) is 0 Å². The fourth-order valence-corrected chi connectivity index (χ4v) is 2.05. The lowest BCUT2D eigenvalue weighted by Gasteiger charge is -2.11. The van der Waals surface area contributed by atoms with E-state index in [1.807, 2.05) is 23.0 Å². The lowest BCUT2D eigenvalue weighted by atomic mass is 10.1. The molecule has 1 heterocycles. The van der Waals surface area contributed by atoms with Crippen molar-refractivity contribution in [2.45, 2.75) is 27.3 Å². The van der Waals surface area contributed by atoms with Gasteiger partial charge in [-0.1, -0.05) is 13.0 Å². The Labute approximate surface area is 149 Å². The van der Waals surface area contributed by atoms with Crippen LogP contribution in [0.15, 0.2) is 41.7 Å². The lowest BCUT2D eigenvalue weighted by molar-refractivity contribution is 0.459. The SMILES string of the molecule is Cc1ccc(NC(N)=NCC(C)Cn2cccn2)cc1C.I. The van der Waals surface area contributed by atoms with Crippen LogP contribution in [0, 0.1) is 19.8 Å². The van der Waals surface area contributed by atoms with Crippen LogP contribution in [0.5, 0.6) is 0 Å². The average molecular weight is 413 g/mol. The highest BCUT2D eigenvalue weighted by molar-refractivity contribution is 14.0. The van der Waals surface area contributed by atoms with Gasteiger partial charge in [-0.25, -0.2) is 0 Å². The normalized spacial score (nSPS) is 12.6. The zero-order chi connectivity index (χ0) is 15.2. The molecular weight excluding hydrogens is 389 g/mol. The maximum Gasteiger partial charge on any atom is 0.193 e. The van der Waals surface area contributed by atoms with Crippen LogP contribution in [-0.4, -0.2) is 22.3 Å². The maximum atomic E-state index is 5.93. The number of hydrogen-bond acceptors (Lipinski definition) is 2. The van der Waals surface area contributed by atoms with Gasteiger partial charge in [-0.05, 0) is 49.1 Å². The minimum atomic E-state index is 0. The summed E-state index contributed by atoms with van der Waals surface area (Å²) in [4.78, 5) is 4.39. The van der Waals surface area contributed by atoms with Crippen molar-refractivity contribution in [1.82, 2.24) is 9.78 Å². The van der Waals surface area contributed by atoms with Crippen LogP contribution >= 0.6 is 24.0 Å². The van der Waals surface area contributed by atoms with Crippen molar-refractivity contribution in [3.05, 3.63) is 47.8 Å². The number of halogens is 1. The second kappa shape index (κ2) is 8.77. The summed E-state index contributed by atoms with van der Waals surface area (Å²) in [6.45, 7) is 7.82. The first-order valence-electron chi connectivity index (χ1n) is 7.16. The van der Waals surface area contributed by atoms with Crippen molar-refractivity contribution < 1.29 is 0 Å². The van der Waals surface area contributed by atoms with E-state index in [4.69, 9.17) is 5.73 Å². The summed E-state index contributed by atoms with van der Waals surface area (Å²) in [5, 5.41) is 7.32. The zero-order valence-electron chi connectivity index (χ0n) is 13.3. The molecule has 1 aromatic carbocycles.